The zero-order chi connectivity index (χ0) is 22.2. The third-order valence-corrected chi connectivity index (χ3v) is 4.91. The number of hydrogen-bond acceptors (Lipinski definition) is 10. The zero-order valence-electron chi connectivity index (χ0n) is 15.4. The predicted molar refractivity (Wildman–Crippen MR) is 99.1 cm³/mol. The molecule has 7 N–H and O–H groups in total. The molecule has 0 amide bonds. The molecule has 1 fully saturated rings. The summed E-state index contributed by atoms with van der Waals surface area (Å²) in [6, 6.07) is 8.97. The second-order valence-corrected chi connectivity index (χ2v) is 6.78. The molecule has 2 aromatic rings. The van der Waals surface area contributed by atoms with E-state index in [4.69, 9.17) is 25.5 Å². The number of hydrogen-bond donors (Lipinski definition) is 7. The second kappa shape index (κ2) is 8.48. The average Bonchev–Trinajstić information content (AvgIpc) is 2.75. The Balaban J connectivity index is 0.000000187. The van der Waals surface area contributed by atoms with Crippen LogP contribution in [0.15, 0.2) is 36.4 Å². The maximum absolute atomic E-state index is 12.2. The van der Waals surface area contributed by atoms with Crippen LogP contribution in [0.3, 0.4) is 0 Å². The van der Waals surface area contributed by atoms with Gasteiger partial charge in [0.05, 0.1) is 12.2 Å². The molecular formula is C20H20O10. The number of ketones is 2. The van der Waals surface area contributed by atoms with Crippen molar-refractivity contribution >= 4 is 11.6 Å². The summed E-state index contributed by atoms with van der Waals surface area (Å²) in [5.41, 5.74) is 0.559. The van der Waals surface area contributed by atoms with E-state index in [2.05, 4.69) is 4.74 Å². The number of rotatable bonds is 1. The molecule has 10 heteroatoms. The lowest BCUT2D eigenvalue weighted by Crippen LogP contribution is -2.58. The average molecular weight is 420 g/mol. The maximum atomic E-state index is 12.2. The van der Waals surface area contributed by atoms with E-state index < -0.39 is 54.6 Å². The van der Waals surface area contributed by atoms with Crippen molar-refractivity contribution in [3.63, 3.8) is 0 Å². The summed E-state index contributed by atoms with van der Waals surface area (Å²) in [5.74, 6) is -1.72. The fraction of sp³-hybridized carbons (Fsp3) is 0.300. The number of fused-ring (bicyclic) bond motifs is 2. The van der Waals surface area contributed by atoms with Gasteiger partial charge >= 0.3 is 0 Å². The first-order valence-electron chi connectivity index (χ1n) is 8.91. The van der Waals surface area contributed by atoms with Gasteiger partial charge in [0, 0.05) is 16.7 Å². The highest BCUT2D eigenvalue weighted by Crippen LogP contribution is 2.37. The summed E-state index contributed by atoms with van der Waals surface area (Å²) in [4.78, 5) is 24.4. The standard InChI is InChI=1S/C14H8O4.C6H12O6/c15-10-6-5-9-11(14(10)18)13(17)8-4-2-1-3-7(8)12(9)16;7-1-2-3(8)4(9)5(10)6(11)12-2/h1-6,15,18H;2-11H,1H2/t;2-,3+,4+,5-,6-/m.1/s1. The van der Waals surface area contributed by atoms with Gasteiger partial charge in [-0.1, -0.05) is 24.3 Å². The number of aliphatic hydroxyl groups excluding tert-OH is 5. The summed E-state index contributed by atoms with van der Waals surface area (Å²) in [5, 5.41) is 63.8. The Morgan fingerprint density at radius 2 is 1.37 bits per heavy atom. The topological polar surface area (TPSA) is 185 Å². The number of aromatic hydroxyl groups is 2. The van der Waals surface area contributed by atoms with E-state index in [9.17, 15) is 19.8 Å². The second-order valence-electron chi connectivity index (χ2n) is 6.78. The van der Waals surface area contributed by atoms with Crippen molar-refractivity contribution in [2.75, 3.05) is 6.61 Å². The molecule has 1 aliphatic carbocycles. The van der Waals surface area contributed by atoms with Gasteiger partial charge in [0.15, 0.2) is 29.4 Å². The summed E-state index contributed by atoms with van der Waals surface area (Å²) in [7, 11) is 0. The van der Waals surface area contributed by atoms with E-state index in [1.54, 1.807) is 18.2 Å². The van der Waals surface area contributed by atoms with E-state index >= 15 is 0 Å². The maximum Gasteiger partial charge on any atom is 0.198 e. The van der Waals surface area contributed by atoms with Crippen LogP contribution < -0.4 is 0 Å². The Morgan fingerprint density at radius 3 is 1.97 bits per heavy atom. The molecule has 30 heavy (non-hydrogen) atoms. The van der Waals surface area contributed by atoms with Crippen LogP contribution in [-0.4, -0.2) is 84.6 Å². The molecule has 1 aliphatic heterocycles. The Bertz CT molecular complexity index is 967. The fourth-order valence-corrected chi connectivity index (χ4v) is 3.24. The van der Waals surface area contributed by atoms with Crippen LogP contribution in [0.1, 0.15) is 31.8 Å². The van der Waals surface area contributed by atoms with E-state index in [1.807, 2.05) is 0 Å². The molecule has 2 aromatic carbocycles. The van der Waals surface area contributed by atoms with Crippen molar-refractivity contribution in [2.24, 2.45) is 0 Å². The Labute approximate surface area is 169 Å². The number of carbonyl (C=O) groups excluding carboxylic acids is 2. The lowest BCUT2D eigenvalue weighted by Gasteiger charge is -2.37. The number of ether oxygens (including phenoxy) is 1. The summed E-state index contributed by atoms with van der Waals surface area (Å²) in [6.45, 7) is -0.526. The fourth-order valence-electron chi connectivity index (χ4n) is 3.24. The Hall–Kier alpha value is -2.86. The van der Waals surface area contributed by atoms with Crippen LogP contribution in [-0.2, 0) is 4.74 Å². The molecule has 4 rings (SSSR count). The Morgan fingerprint density at radius 1 is 0.767 bits per heavy atom. The van der Waals surface area contributed by atoms with Crippen LogP contribution in [0.2, 0.25) is 0 Å². The van der Waals surface area contributed by atoms with E-state index in [0.29, 0.717) is 5.56 Å². The molecule has 5 atom stereocenters. The molecule has 0 bridgehead atoms. The molecule has 0 aromatic heterocycles. The van der Waals surface area contributed by atoms with Gasteiger partial charge < -0.3 is 40.5 Å². The van der Waals surface area contributed by atoms with E-state index in [-0.39, 0.29) is 22.5 Å². The van der Waals surface area contributed by atoms with Crippen LogP contribution >= 0.6 is 0 Å². The molecule has 0 saturated carbocycles. The molecule has 0 spiro atoms. The first kappa shape index (κ1) is 21.8. The van der Waals surface area contributed by atoms with Gasteiger partial charge in [0.1, 0.15) is 24.4 Å². The molecule has 1 saturated heterocycles. The quantitative estimate of drug-likeness (QED) is 0.232. The minimum absolute atomic E-state index is 0.119. The highest BCUT2D eigenvalue weighted by Gasteiger charge is 2.42. The van der Waals surface area contributed by atoms with Crippen molar-refractivity contribution in [1.29, 1.82) is 0 Å². The van der Waals surface area contributed by atoms with Gasteiger partial charge in [-0.2, -0.15) is 0 Å². The summed E-state index contributed by atoms with van der Waals surface area (Å²) < 4.78 is 4.58. The van der Waals surface area contributed by atoms with Gasteiger partial charge in [-0.3, -0.25) is 9.59 Å². The van der Waals surface area contributed by atoms with Crippen molar-refractivity contribution in [1.82, 2.24) is 0 Å². The smallest absolute Gasteiger partial charge is 0.198 e. The third-order valence-electron chi connectivity index (χ3n) is 4.91. The van der Waals surface area contributed by atoms with E-state index in [0.717, 1.165) is 0 Å². The van der Waals surface area contributed by atoms with Crippen molar-refractivity contribution in [3.05, 3.63) is 58.7 Å². The van der Waals surface area contributed by atoms with Crippen LogP contribution in [0.25, 0.3) is 0 Å². The predicted octanol–water partition coefficient (Wildman–Crippen LogP) is -1.35. The molecule has 2 aliphatic rings. The summed E-state index contributed by atoms with van der Waals surface area (Å²) >= 11 is 0. The highest BCUT2D eigenvalue weighted by molar-refractivity contribution is 6.29. The molecule has 160 valence electrons. The van der Waals surface area contributed by atoms with Crippen LogP contribution in [0, 0.1) is 0 Å². The number of benzene rings is 2. The van der Waals surface area contributed by atoms with Crippen molar-refractivity contribution < 1.29 is 50.1 Å². The molecule has 10 nitrogen and oxygen atoms in total. The van der Waals surface area contributed by atoms with Gasteiger partial charge in [0.2, 0.25) is 0 Å². The van der Waals surface area contributed by atoms with E-state index in [1.165, 1.54) is 18.2 Å². The molecule has 1 heterocycles. The number of aliphatic hydroxyl groups is 5. The number of phenols is 2. The first-order chi connectivity index (χ1) is 14.2. The Kier molecular flexibility index (Phi) is 6.17. The molecule has 0 unspecified atom stereocenters. The van der Waals surface area contributed by atoms with Gasteiger partial charge in [-0.05, 0) is 12.1 Å². The summed E-state index contributed by atoms with van der Waals surface area (Å²) in [6.07, 6.45) is -7.04. The van der Waals surface area contributed by atoms with Crippen LogP contribution in [0.5, 0.6) is 11.5 Å². The number of carbonyl (C=O) groups is 2. The molecule has 0 radical (unpaired) electrons. The van der Waals surface area contributed by atoms with Gasteiger partial charge in [-0.25, -0.2) is 0 Å². The zero-order valence-corrected chi connectivity index (χ0v) is 15.4. The lowest BCUT2D eigenvalue weighted by atomic mass is 9.83. The lowest BCUT2D eigenvalue weighted by molar-refractivity contribution is -0.286. The minimum Gasteiger partial charge on any atom is -0.504 e. The minimum atomic E-state index is -1.57. The highest BCUT2D eigenvalue weighted by atomic mass is 16.6. The molecular weight excluding hydrogens is 400 g/mol. The SMILES string of the molecule is O=C1c2ccccc2C(=O)c2c1ccc(O)c2O.OC[C@H]1O[C@@H](O)[C@H](O)[C@@H](O)[C@H]1O. The van der Waals surface area contributed by atoms with Gasteiger partial charge in [0.25, 0.3) is 0 Å². The van der Waals surface area contributed by atoms with Crippen LogP contribution in [0.4, 0.5) is 0 Å². The third kappa shape index (κ3) is 3.67. The monoisotopic (exact) mass is 420 g/mol. The van der Waals surface area contributed by atoms with Gasteiger partial charge in [-0.15, -0.1) is 0 Å². The normalized spacial score (nSPS) is 27.6. The van der Waals surface area contributed by atoms with Crippen molar-refractivity contribution in [3.8, 4) is 11.5 Å². The first-order valence-corrected chi connectivity index (χ1v) is 8.91. The van der Waals surface area contributed by atoms with Crippen molar-refractivity contribution in [2.45, 2.75) is 30.7 Å². The largest absolute Gasteiger partial charge is 0.504 e. The number of phenolic OH excluding ortho intramolecular Hbond substituents is 2.